The van der Waals surface area contributed by atoms with E-state index in [0.29, 0.717) is 47.5 Å². The molecule has 1 aromatic carbocycles. The molecule has 0 saturated carbocycles. The number of benzene rings is 1. The molecule has 2 heterocycles. The smallest absolute Gasteiger partial charge is 0.309 e. The summed E-state index contributed by atoms with van der Waals surface area (Å²) in [6, 6.07) is 3.67. The Balaban J connectivity index is 1.99. The molecule has 1 aliphatic rings. The van der Waals surface area contributed by atoms with E-state index in [0.717, 1.165) is 5.56 Å². The van der Waals surface area contributed by atoms with E-state index in [1.54, 1.807) is 27.5 Å². The highest BCUT2D eigenvalue weighted by Crippen LogP contribution is 2.41. The maximum absolute atomic E-state index is 12.1. The van der Waals surface area contributed by atoms with Crippen LogP contribution in [-0.4, -0.2) is 57.0 Å². The first-order valence-electron chi connectivity index (χ1n) is 10.1. The number of hydrogen-bond acceptors (Lipinski definition) is 9. The average molecular weight is 431 g/mol. The zero-order valence-electron chi connectivity index (χ0n) is 18.8. The summed E-state index contributed by atoms with van der Waals surface area (Å²) in [4.78, 5) is 23.4. The summed E-state index contributed by atoms with van der Waals surface area (Å²) in [5.74, 6) is 2.24. The molecular weight excluding hydrogens is 400 g/mol. The van der Waals surface area contributed by atoms with Gasteiger partial charge in [-0.3, -0.25) is 4.79 Å². The number of nitrogen functional groups attached to an aromatic ring is 1. The molecule has 3 atom stereocenters. The Labute approximate surface area is 182 Å². The molecule has 9 nitrogen and oxygen atoms in total. The van der Waals surface area contributed by atoms with Crippen molar-refractivity contribution in [1.29, 1.82) is 0 Å². The summed E-state index contributed by atoms with van der Waals surface area (Å²) in [6.45, 7) is 4.74. The van der Waals surface area contributed by atoms with Gasteiger partial charge in [0, 0.05) is 18.2 Å². The summed E-state index contributed by atoms with van der Waals surface area (Å²) < 4.78 is 21.3. The highest BCUT2D eigenvalue weighted by atomic mass is 16.5. The molecule has 2 aromatic rings. The molecule has 0 amide bonds. The van der Waals surface area contributed by atoms with E-state index in [4.69, 9.17) is 29.7 Å². The maximum Gasteiger partial charge on any atom is 0.309 e. The van der Waals surface area contributed by atoms with Crippen LogP contribution in [0.25, 0.3) is 11.3 Å². The normalized spacial score (nSPS) is 20.8. The van der Waals surface area contributed by atoms with Crippen molar-refractivity contribution < 1.29 is 23.7 Å². The van der Waals surface area contributed by atoms with Gasteiger partial charge in [0.15, 0.2) is 23.1 Å². The zero-order chi connectivity index (χ0) is 22.7. The summed E-state index contributed by atoms with van der Waals surface area (Å²) >= 11 is 0. The van der Waals surface area contributed by atoms with E-state index < -0.39 is 0 Å². The number of aromatic nitrogens is 2. The molecule has 0 bridgehead atoms. The van der Waals surface area contributed by atoms with Gasteiger partial charge in [0.05, 0.1) is 46.2 Å². The van der Waals surface area contributed by atoms with Gasteiger partial charge in [-0.15, -0.1) is 0 Å². The first kappa shape index (κ1) is 22.5. The molecule has 1 fully saturated rings. The number of carbonyl (C=O) groups is 1. The lowest BCUT2D eigenvalue weighted by atomic mass is 9.81. The number of hydrogen-bond donors (Lipinski definition) is 1. The number of ether oxygens (including phenoxy) is 4. The lowest BCUT2D eigenvalue weighted by molar-refractivity contribution is -0.148. The van der Waals surface area contributed by atoms with E-state index in [9.17, 15) is 4.79 Å². The molecule has 3 rings (SSSR count). The molecule has 31 heavy (non-hydrogen) atoms. The second kappa shape index (κ2) is 9.28. The van der Waals surface area contributed by atoms with E-state index in [1.165, 1.54) is 7.11 Å². The molecule has 9 heteroatoms. The fraction of sp³-hybridized carbons (Fsp3) is 0.500. The van der Waals surface area contributed by atoms with Gasteiger partial charge in [0.1, 0.15) is 0 Å². The molecule has 168 valence electrons. The summed E-state index contributed by atoms with van der Waals surface area (Å²) in [5.41, 5.74) is 7.59. The summed E-state index contributed by atoms with van der Waals surface area (Å²) in [7, 11) is 6.11. The molecule has 0 spiro atoms. The van der Waals surface area contributed by atoms with E-state index in [2.05, 4.69) is 16.8 Å². The van der Waals surface area contributed by atoms with Gasteiger partial charge < -0.3 is 29.6 Å². The van der Waals surface area contributed by atoms with Gasteiger partial charge in [-0.05, 0) is 31.4 Å². The van der Waals surface area contributed by atoms with Gasteiger partial charge >= 0.3 is 5.97 Å². The summed E-state index contributed by atoms with van der Waals surface area (Å²) in [6.07, 6.45) is 2.28. The Morgan fingerprint density at radius 3 is 2.29 bits per heavy atom. The predicted molar refractivity (Wildman–Crippen MR) is 118 cm³/mol. The van der Waals surface area contributed by atoms with Crippen LogP contribution in [0.15, 0.2) is 18.3 Å². The summed E-state index contributed by atoms with van der Waals surface area (Å²) in [5, 5.41) is 0. The van der Waals surface area contributed by atoms with Crippen LogP contribution in [0.1, 0.15) is 20.3 Å². The van der Waals surface area contributed by atoms with Gasteiger partial charge in [-0.25, -0.2) is 9.97 Å². The van der Waals surface area contributed by atoms with Crippen molar-refractivity contribution in [3.05, 3.63) is 18.3 Å². The third kappa shape index (κ3) is 4.17. The minimum absolute atomic E-state index is 0.0321. The van der Waals surface area contributed by atoms with Crippen molar-refractivity contribution in [3.8, 4) is 28.5 Å². The van der Waals surface area contributed by atoms with Crippen LogP contribution in [0.3, 0.4) is 0 Å². The van der Waals surface area contributed by atoms with Crippen molar-refractivity contribution in [3.63, 3.8) is 0 Å². The highest BCUT2D eigenvalue weighted by Gasteiger charge is 2.38. The van der Waals surface area contributed by atoms with Crippen molar-refractivity contribution in [1.82, 2.24) is 9.97 Å². The van der Waals surface area contributed by atoms with Gasteiger partial charge in [0.25, 0.3) is 0 Å². The van der Waals surface area contributed by atoms with Crippen LogP contribution in [-0.2, 0) is 9.53 Å². The number of carbonyl (C=O) groups excluding carboxylic acids is 1. The number of rotatable bonds is 6. The van der Waals surface area contributed by atoms with E-state index in [-0.39, 0.29) is 23.8 Å². The van der Waals surface area contributed by atoms with E-state index >= 15 is 0 Å². The topological polar surface area (TPSA) is 109 Å². The molecule has 1 aliphatic heterocycles. The monoisotopic (exact) mass is 430 g/mol. The molecular formula is C22H30N4O5. The van der Waals surface area contributed by atoms with Gasteiger partial charge in [-0.2, -0.15) is 0 Å². The Kier molecular flexibility index (Phi) is 6.72. The van der Waals surface area contributed by atoms with Crippen molar-refractivity contribution in [2.75, 3.05) is 45.6 Å². The Morgan fingerprint density at radius 1 is 1.10 bits per heavy atom. The van der Waals surface area contributed by atoms with Crippen LogP contribution in [0.2, 0.25) is 0 Å². The zero-order valence-corrected chi connectivity index (χ0v) is 18.8. The van der Waals surface area contributed by atoms with E-state index in [1.807, 2.05) is 19.1 Å². The highest BCUT2D eigenvalue weighted by molar-refractivity contribution is 5.74. The first-order valence-corrected chi connectivity index (χ1v) is 10.1. The molecule has 1 aromatic heterocycles. The predicted octanol–water partition coefficient (Wildman–Crippen LogP) is 2.78. The average Bonchev–Trinajstić information content (AvgIpc) is 2.79. The molecule has 0 radical (unpaired) electrons. The number of nitrogens with zero attached hydrogens (tertiary/aromatic N) is 3. The van der Waals surface area contributed by atoms with Crippen LogP contribution in [0, 0.1) is 11.8 Å². The molecule has 0 aliphatic carbocycles. The second-order valence-corrected chi connectivity index (χ2v) is 7.59. The third-order valence-corrected chi connectivity index (χ3v) is 6.09. The van der Waals surface area contributed by atoms with Crippen molar-refractivity contribution >= 4 is 17.6 Å². The Bertz CT molecular complexity index is 926. The molecule has 1 saturated heterocycles. The number of methoxy groups -OCH3 is 4. The SMILES string of the molecule is COC(=O)[C@@H]1CCN(c2nc(-c3cc(OC)c(OC)c(OC)c3)cnc2N)[C@H](C)[C@@H]1C. The minimum Gasteiger partial charge on any atom is -0.493 e. The first-order chi connectivity index (χ1) is 14.9. The maximum atomic E-state index is 12.1. The van der Waals surface area contributed by atoms with Crippen LogP contribution >= 0.6 is 0 Å². The van der Waals surface area contributed by atoms with Crippen molar-refractivity contribution in [2.45, 2.75) is 26.3 Å². The lowest BCUT2D eigenvalue weighted by Crippen LogP contribution is -2.49. The van der Waals surface area contributed by atoms with Gasteiger partial charge in [-0.1, -0.05) is 6.92 Å². The standard InChI is InChI=1S/C22H30N4O5/c1-12-13(2)26(8-7-15(12)22(27)31-6)21-20(23)24-11-16(25-21)14-9-17(28-3)19(30-5)18(10-14)29-4/h9-13,15H,7-8H2,1-6H3,(H2,23,24)/t12-,13+,15+/m0/s1. The largest absolute Gasteiger partial charge is 0.493 e. The van der Waals surface area contributed by atoms with Crippen molar-refractivity contribution in [2.24, 2.45) is 11.8 Å². The fourth-order valence-electron chi connectivity index (χ4n) is 4.12. The molecule has 0 unspecified atom stereocenters. The fourth-order valence-corrected chi connectivity index (χ4v) is 4.12. The Hall–Kier alpha value is -3.23. The third-order valence-electron chi connectivity index (χ3n) is 6.09. The van der Waals surface area contributed by atoms with Gasteiger partial charge in [0.2, 0.25) is 5.75 Å². The van der Waals surface area contributed by atoms with Crippen LogP contribution in [0.5, 0.6) is 17.2 Å². The number of nitrogens with two attached hydrogens (primary N) is 1. The number of anilines is 2. The lowest BCUT2D eigenvalue weighted by Gasteiger charge is -2.42. The Morgan fingerprint density at radius 2 is 1.74 bits per heavy atom. The minimum atomic E-state index is -0.177. The van der Waals surface area contributed by atoms with Crippen LogP contribution < -0.4 is 24.8 Å². The van der Waals surface area contributed by atoms with Crippen LogP contribution in [0.4, 0.5) is 11.6 Å². The second-order valence-electron chi connectivity index (χ2n) is 7.59. The molecule has 2 N–H and O–H groups in total. The number of piperidine rings is 1. The quantitative estimate of drug-likeness (QED) is 0.692. The number of esters is 1.